The van der Waals surface area contributed by atoms with Crippen molar-refractivity contribution in [3.63, 3.8) is 0 Å². The van der Waals surface area contributed by atoms with E-state index in [9.17, 15) is 8.42 Å². The molecular weight excluding hydrogens is 236 g/mol. The molecule has 1 saturated carbocycles. The largest absolute Gasteiger partial charge is 0.320 e. The molecule has 2 N–H and O–H groups in total. The Bertz CT molecular complexity index is 308. The summed E-state index contributed by atoms with van der Waals surface area (Å²) in [7, 11) is -1.24. The fourth-order valence-electron chi connectivity index (χ4n) is 2.55. The van der Waals surface area contributed by atoms with Crippen LogP contribution in [0.2, 0.25) is 0 Å². The summed E-state index contributed by atoms with van der Waals surface area (Å²) < 4.78 is 26.4. The molecule has 0 radical (unpaired) electrons. The maximum Gasteiger partial charge on any atom is 0.211 e. The van der Waals surface area contributed by atoms with E-state index in [2.05, 4.69) is 17.0 Å². The van der Waals surface area contributed by atoms with Crippen molar-refractivity contribution < 1.29 is 8.42 Å². The molecule has 0 spiro atoms. The van der Waals surface area contributed by atoms with Crippen LogP contribution in [0.3, 0.4) is 0 Å². The fourth-order valence-corrected chi connectivity index (χ4v) is 3.75. The summed E-state index contributed by atoms with van der Waals surface area (Å²) in [6, 6.07) is 0. The van der Waals surface area contributed by atoms with Gasteiger partial charge in [0.25, 0.3) is 0 Å². The molecule has 0 amide bonds. The zero-order chi connectivity index (χ0) is 12.8. The average molecular weight is 262 g/mol. The molecule has 0 aromatic carbocycles. The molecule has 1 aliphatic rings. The molecule has 0 aromatic heterocycles. The molecule has 0 aromatic rings. The predicted octanol–water partition coefficient (Wildman–Crippen LogP) is 1.49. The van der Waals surface area contributed by atoms with Crippen LogP contribution < -0.4 is 10.0 Å². The van der Waals surface area contributed by atoms with E-state index in [0.29, 0.717) is 13.0 Å². The van der Waals surface area contributed by atoms with E-state index in [1.807, 2.05) is 7.05 Å². The summed E-state index contributed by atoms with van der Waals surface area (Å²) in [5.74, 6) is 0.230. The van der Waals surface area contributed by atoms with Crippen LogP contribution in [-0.2, 0) is 10.0 Å². The SMILES string of the molecule is CCC1(CNS(=O)(=O)CCCNC)CCCC1. The summed E-state index contributed by atoms with van der Waals surface area (Å²) in [5, 5.41) is 2.96. The maximum atomic E-state index is 11.8. The van der Waals surface area contributed by atoms with Crippen molar-refractivity contribution in [3.05, 3.63) is 0 Å². The molecule has 102 valence electrons. The highest BCUT2D eigenvalue weighted by atomic mass is 32.2. The minimum absolute atomic E-state index is 0.230. The van der Waals surface area contributed by atoms with Crippen molar-refractivity contribution >= 4 is 10.0 Å². The number of nitrogens with one attached hydrogen (secondary N) is 2. The third kappa shape index (κ3) is 4.94. The van der Waals surface area contributed by atoms with Gasteiger partial charge in [0.05, 0.1) is 5.75 Å². The summed E-state index contributed by atoms with van der Waals surface area (Å²) in [6.07, 6.45) is 6.58. The molecule has 0 unspecified atom stereocenters. The van der Waals surface area contributed by atoms with Gasteiger partial charge in [0.1, 0.15) is 0 Å². The Morgan fingerprint density at radius 3 is 2.41 bits per heavy atom. The molecule has 1 aliphatic carbocycles. The normalized spacial score (nSPS) is 19.6. The Morgan fingerprint density at radius 2 is 1.88 bits per heavy atom. The summed E-state index contributed by atoms with van der Waals surface area (Å²) >= 11 is 0. The van der Waals surface area contributed by atoms with E-state index in [4.69, 9.17) is 0 Å². The first-order valence-electron chi connectivity index (χ1n) is 6.65. The van der Waals surface area contributed by atoms with Crippen LogP contribution in [0.5, 0.6) is 0 Å². The van der Waals surface area contributed by atoms with Crippen molar-refractivity contribution in [3.8, 4) is 0 Å². The Kier molecular flexibility index (Phi) is 5.89. The lowest BCUT2D eigenvalue weighted by atomic mass is 9.84. The molecular formula is C12H26N2O2S. The molecule has 0 heterocycles. The highest BCUT2D eigenvalue weighted by Crippen LogP contribution is 2.40. The Morgan fingerprint density at radius 1 is 1.24 bits per heavy atom. The third-order valence-corrected chi connectivity index (χ3v) is 5.33. The minimum Gasteiger partial charge on any atom is -0.320 e. The van der Waals surface area contributed by atoms with Gasteiger partial charge >= 0.3 is 0 Å². The van der Waals surface area contributed by atoms with E-state index >= 15 is 0 Å². The average Bonchev–Trinajstić information content (AvgIpc) is 2.76. The van der Waals surface area contributed by atoms with Crippen LogP contribution in [-0.4, -0.2) is 34.3 Å². The second-order valence-electron chi connectivity index (χ2n) is 5.16. The third-order valence-electron chi connectivity index (χ3n) is 3.92. The molecule has 1 rings (SSSR count). The lowest BCUT2D eigenvalue weighted by Crippen LogP contribution is -2.37. The lowest BCUT2D eigenvalue weighted by Gasteiger charge is -2.27. The smallest absolute Gasteiger partial charge is 0.211 e. The van der Waals surface area contributed by atoms with Gasteiger partial charge in [-0.3, -0.25) is 0 Å². The number of sulfonamides is 1. The highest BCUT2D eigenvalue weighted by molar-refractivity contribution is 7.89. The predicted molar refractivity (Wildman–Crippen MR) is 71.5 cm³/mol. The monoisotopic (exact) mass is 262 g/mol. The van der Waals surface area contributed by atoms with Crippen LogP contribution >= 0.6 is 0 Å². The van der Waals surface area contributed by atoms with Crippen molar-refractivity contribution in [1.82, 2.24) is 10.0 Å². The van der Waals surface area contributed by atoms with Crippen LogP contribution in [0.1, 0.15) is 45.4 Å². The van der Waals surface area contributed by atoms with Crippen molar-refractivity contribution in [1.29, 1.82) is 0 Å². The lowest BCUT2D eigenvalue weighted by molar-refractivity contribution is 0.285. The van der Waals surface area contributed by atoms with Crippen molar-refractivity contribution in [2.45, 2.75) is 45.4 Å². The molecule has 17 heavy (non-hydrogen) atoms. The second-order valence-corrected chi connectivity index (χ2v) is 7.08. The Hall–Kier alpha value is -0.130. The van der Waals surface area contributed by atoms with Crippen LogP contribution in [0, 0.1) is 5.41 Å². The fraction of sp³-hybridized carbons (Fsp3) is 1.00. The standard InChI is InChI=1S/C12H26N2O2S/c1-3-12(7-4-5-8-12)11-14-17(15,16)10-6-9-13-2/h13-14H,3-11H2,1-2H3. The van der Waals surface area contributed by atoms with E-state index in [1.54, 1.807) is 0 Å². The zero-order valence-electron chi connectivity index (χ0n) is 11.1. The van der Waals surface area contributed by atoms with E-state index < -0.39 is 10.0 Å². The molecule has 4 nitrogen and oxygen atoms in total. The van der Waals surface area contributed by atoms with Gasteiger partial charge < -0.3 is 5.32 Å². The Balaban J connectivity index is 2.37. The number of hydrogen-bond donors (Lipinski definition) is 2. The quantitative estimate of drug-likeness (QED) is 0.652. The maximum absolute atomic E-state index is 11.8. The minimum atomic E-state index is -3.08. The summed E-state index contributed by atoms with van der Waals surface area (Å²) in [5.41, 5.74) is 0.232. The summed E-state index contributed by atoms with van der Waals surface area (Å²) in [6.45, 7) is 3.55. The molecule has 1 fully saturated rings. The summed E-state index contributed by atoms with van der Waals surface area (Å²) in [4.78, 5) is 0. The topological polar surface area (TPSA) is 58.2 Å². The van der Waals surface area contributed by atoms with E-state index in [1.165, 1.54) is 25.7 Å². The van der Waals surface area contributed by atoms with E-state index in [-0.39, 0.29) is 11.2 Å². The van der Waals surface area contributed by atoms with Crippen LogP contribution in [0.25, 0.3) is 0 Å². The van der Waals surface area contributed by atoms with Gasteiger partial charge in [-0.1, -0.05) is 19.8 Å². The second kappa shape index (κ2) is 6.71. The first-order valence-corrected chi connectivity index (χ1v) is 8.31. The molecule has 0 aliphatic heterocycles. The van der Waals surface area contributed by atoms with Gasteiger partial charge in [0.15, 0.2) is 0 Å². The van der Waals surface area contributed by atoms with Crippen molar-refractivity contribution in [2.24, 2.45) is 5.41 Å². The zero-order valence-corrected chi connectivity index (χ0v) is 11.9. The molecule has 0 atom stereocenters. The van der Waals surface area contributed by atoms with Crippen LogP contribution in [0.4, 0.5) is 0 Å². The number of hydrogen-bond acceptors (Lipinski definition) is 3. The highest BCUT2D eigenvalue weighted by Gasteiger charge is 2.32. The van der Waals surface area contributed by atoms with Crippen molar-refractivity contribution in [2.75, 3.05) is 25.9 Å². The first kappa shape index (κ1) is 14.9. The number of rotatable bonds is 8. The Labute approximate surface area is 106 Å². The van der Waals surface area contributed by atoms with Gasteiger partial charge in [-0.25, -0.2) is 13.1 Å². The molecule has 0 bridgehead atoms. The van der Waals surface area contributed by atoms with Gasteiger partial charge in [-0.05, 0) is 44.7 Å². The molecule has 0 saturated heterocycles. The van der Waals surface area contributed by atoms with Crippen LogP contribution in [0.15, 0.2) is 0 Å². The molecule has 5 heteroatoms. The van der Waals surface area contributed by atoms with E-state index in [0.717, 1.165) is 13.0 Å². The first-order chi connectivity index (χ1) is 8.04. The van der Waals surface area contributed by atoms with Gasteiger partial charge in [-0.2, -0.15) is 0 Å². The van der Waals surface area contributed by atoms with Gasteiger partial charge in [-0.15, -0.1) is 0 Å². The van der Waals surface area contributed by atoms with Gasteiger partial charge in [0.2, 0.25) is 10.0 Å². The van der Waals surface area contributed by atoms with Gasteiger partial charge in [0, 0.05) is 6.54 Å².